The van der Waals surface area contributed by atoms with Gasteiger partial charge in [-0.15, -0.1) is 0 Å². The molecule has 130 valence electrons. The summed E-state index contributed by atoms with van der Waals surface area (Å²) in [6.07, 6.45) is 14.9. The molecule has 3 nitrogen and oxygen atoms in total. The van der Waals surface area contributed by atoms with Crippen LogP contribution in [0.5, 0.6) is 5.75 Å². The van der Waals surface area contributed by atoms with Crippen molar-refractivity contribution in [3.8, 4) is 5.75 Å². The second-order valence-corrected chi connectivity index (χ2v) is 6.40. The van der Waals surface area contributed by atoms with Crippen molar-refractivity contribution in [3.05, 3.63) is 29.3 Å². The summed E-state index contributed by atoms with van der Waals surface area (Å²) in [7, 11) is 0. The third-order valence-electron chi connectivity index (χ3n) is 4.40. The standard InChI is InChI=1S/C20H32O3/c1-2-3-4-5-6-7-8-9-10-11-12-14-17-15-13-16-18(19(17)21)20(22)23/h13,15-16,21H,2-12,14H2,1H3,(H,22,23). The third kappa shape index (κ3) is 8.06. The molecule has 0 aliphatic heterocycles. The minimum absolute atomic E-state index is 0.00516. The van der Waals surface area contributed by atoms with Crippen LogP contribution in [0.2, 0.25) is 0 Å². The van der Waals surface area contributed by atoms with Crippen molar-refractivity contribution >= 4 is 5.97 Å². The van der Waals surface area contributed by atoms with Crippen LogP contribution in [0, 0.1) is 0 Å². The molecule has 0 atom stereocenters. The van der Waals surface area contributed by atoms with Gasteiger partial charge in [-0.1, -0.05) is 83.3 Å². The maximum absolute atomic E-state index is 11.0. The van der Waals surface area contributed by atoms with E-state index in [1.165, 1.54) is 63.9 Å². The number of rotatable bonds is 13. The minimum Gasteiger partial charge on any atom is -0.507 e. The second-order valence-electron chi connectivity index (χ2n) is 6.40. The maximum atomic E-state index is 11.0. The number of aromatic hydroxyl groups is 1. The average molecular weight is 320 g/mol. The molecule has 0 aliphatic carbocycles. The van der Waals surface area contributed by atoms with Gasteiger partial charge in [-0.25, -0.2) is 4.79 Å². The molecule has 0 bridgehead atoms. The molecule has 0 radical (unpaired) electrons. The number of phenols is 1. The fourth-order valence-electron chi connectivity index (χ4n) is 2.95. The highest BCUT2D eigenvalue weighted by atomic mass is 16.4. The highest BCUT2D eigenvalue weighted by Crippen LogP contribution is 2.24. The van der Waals surface area contributed by atoms with E-state index in [1.807, 2.05) is 6.07 Å². The van der Waals surface area contributed by atoms with Crippen LogP contribution in [-0.2, 0) is 6.42 Å². The molecule has 1 rings (SSSR count). The summed E-state index contributed by atoms with van der Waals surface area (Å²) in [5.74, 6) is -1.13. The summed E-state index contributed by atoms with van der Waals surface area (Å²) >= 11 is 0. The molecule has 1 aromatic carbocycles. The van der Waals surface area contributed by atoms with Crippen LogP contribution in [0.1, 0.15) is 93.5 Å². The fourth-order valence-corrected chi connectivity index (χ4v) is 2.95. The van der Waals surface area contributed by atoms with Crippen LogP contribution in [0.3, 0.4) is 0 Å². The molecule has 0 fully saturated rings. The normalized spacial score (nSPS) is 10.8. The smallest absolute Gasteiger partial charge is 0.339 e. The molecule has 23 heavy (non-hydrogen) atoms. The van der Waals surface area contributed by atoms with Crippen LogP contribution in [0.4, 0.5) is 0 Å². The van der Waals surface area contributed by atoms with Crippen LogP contribution in [0.25, 0.3) is 0 Å². The molecule has 0 saturated heterocycles. The van der Waals surface area contributed by atoms with Gasteiger partial charge >= 0.3 is 5.97 Å². The van der Waals surface area contributed by atoms with Crippen molar-refractivity contribution in [1.29, 1.82) is 0 Å². The number of hydrogen-bond donors (Lipinski definition) is 2. The number of aromatic carboxylic acids is 1. The molecule has 0 spiro atoms. The summed E-state index contributed by atoms with van der Waals surface area (Å²) in [4.78, 5) is 11.0. The number of benzene rings is 1. The van der Waals surface area contributed by atoms with Gasteiger partial charge < -0.3 is 10.2 Å². The summed E-state index contributed by atoms with van der Waals surface area (Å²) in [6, 6.07) is 4.97. The molecule has 0 aromatic heterocycles. The first-order valence-electron chi connectivity index (χ1n) is 9.21. The van der Waals surface area contributed by atoms with E-state index in [4.69, 9.17) is 5.11 Å². The molecule has 1 aromatic rings. The number of carboxylic acid groups (broad SMARTS) is 1. The third-order valence-corrected chi connectivity index (χ3v) is 4.40. The predicted octanol–water partition coefficient (Wildman–Crippen LogP) is 5.94. The van der Waals surface area contributed by atoms with Gasteiger partial charge in [-0.3, -0.25) is 0 Å². The van der Waals surface area contributed by atoms with Gasteiger partial charge in [0.15, 0.2) is 0 Å². The maximum Gasteiger partial charge on any atom is 0.339 e. The van der Waals surface area contributed by atoms with Crippen molar-refractivity contribution in [2.45, 2.75) is 84.0 Å². The Morgan fingerprint density at radius 1 is 0.870 bits per heavy atom. The Bertz CT molecular complexity index is 454. The van der Waals surface area contributed by atoms with Crippen molar-refractivity contribution in [2.75, 3.05) is 0 Å². The summed E-state index contributed by atoms with van der Waals surface area (Å²) in [5.41, 5.74) is 0.756. The Hall–Kier alpha value is -1.51. The topological polar surface area (TPSA) is 57.5 Å². The Morgan fingerprint density at radius 3 is 1.91 bits per heavy atom. The highest BCUT2D eigenvalue weighted by molar-refractivity contribution is 5.91. The minimum atomic E-state index is -1.07. The predicted molar refractivity (Wildman–Crippen MR) is 95.2 cm³/mol. The first-order valence-corrected chi connectivity index (χ1v) is 9.21. The van der Waals surface area contributed by atoms with E-state index in [2.05, 4.69) is 6.92 Å². The Balaban J connectivity index is 2.07. The molecule has 0 saturated carbocycles. The van der Waals surface area contributed by atoms with Crippen molar-refractivity contribution < 1.29 is 15.0 Å². The van der Waals surface area contributed by atoms with E-state index >= 15 is 0 Å². The quantitative estimate of drug-likeness (QED) is 0.442. The molecule has 0 unspecified atom stereocenters. The summed E-state index contributed by atoms with van der Waals surface area (Å²) in [6.45, 7) is 2.25. The van der Waals surface area contributed by atoms with Crippen molar-refractivity contribution in [2.24, 2.45) is 0 Å². The molecule has 0 heterocycles. The lowest BCUT2D eigenvalue weighted by Gasteiger charge is -2.07. The molecular formula is C20H32O3. The van der Waals surface area contributed by atoms with Gasteiger partial charge in [0.25, 0.3) is 0 Å². The molecular weight excluding hydrogens is 288 g/mol. The number of hydrogen-bond acceptors (Lipinski definition) is 2. The van der Waals surface area contributed by atoms with E-state index in [0.29, 0.717) is 0 Å². The molecule has 3 heteroatoms. The van der Waals surface area contributed by atoms with Gasteiger partial charge in [-0.2, -0.15) is 0 Å². The van der Waals surface area contributed by atoms with Gasteiger partial charge in [0.1, 0.15) is 11.3 Å². The van der Waals surface area contributed by atoms with Crippen molar-refractivity contribution in [1.82, 2.24) is 0 Å². The van der Waals surface area contributed by atoms with Crippen molar-refractivity contribution in [3.63, 3.8) is 0 Å². The van der Waals surface area contributed by atoms with Gasteiger partial charge in [0.05, 0.1) is 0 Å². The monoisotopic (exact) mass is 320 g/mol. The van der Waals surface area contributed by atoms with Crippen LogP contribution in [-0.4, -0.2) is 16.2 Å². The zero-order valence-corrected chi connectivity index (χ0v) is 14.5. The van der Waals surface area contributed by atoms with Crippen LogP contribution >= 0.6 is 0 Å². The molecule has 2 N–H and O–H groups in total. The summed E-state index contributed by atoms with van der Waals surface area (Å²) in [5, 5.41) is 18.9. The number of carbonyl (C=O) groups is 1. The number of para-hydroxylation sites is 1. The Labute approximate surface area is 140 Å². The zero-order valence-electron chi connectivity index (χ0n) is 14.5. The SMILES string of the molecule is CCCCCCCCCCCCCc1cccc(C(=O)O)c1O. The number of unbranched alkanes of at least 4 members (excludes halogenated alkanes) is 10. The fraction of sp³-hybridized carbons (Fsp3) is 0.650. The van der Waals surface area contributed by atoms with E-state index in [0.717, 1.165) is 24.8 Å². The first-order chi connectivity index (χ1) is 11.2. The van der Waals surface area contributed by atoms with E-state index in [9.17, 15) is 9.90 Å². The van der Waals surface area contributed by atoms with Crippen LogP contribution in [0.15, 0.2) is 18.2 Å². The van der Waals surface area contributed by atoms with Crippen LogP contribution < -0.4 is 0 Å². The lowest BCUT2D eigenvalue weighted by molar-refractivity contribution is 0.0693. The lowest BCUT2D eigenvalue weighted by atomic mass is 10.0. The van der Waals surface area contributed by atoms with Gasteiger partial charge in [-0.05, 0) is 24.5 Å². The van der Waals surface area contributed by atoms with E-state index in [-0.39, 0.29) is 11.3 Å². The zero-order chi connectivity index (χ0) is 16.9. The number of carboxylic acids is 1. The second kappa shape index (κ2) is 12.0. The Kier molecular flexibility index (Phi) is 10.2. The molecule has 0 amide bonds. The van der Waals surface area contributed by atoms with Gasteiger partial charge in [0, 0.05) is 0 Å². The lowest BCUT2D eigenvalue weighted by Crippen LogP contribution is -1.99. The van der Waals surface area contributed by atoms with Gasteiger partial charge in [0.2, 0.25) is 0 Å². The largest absolute Gasteiger partial charge is 0.507 e. The average Bonchev–Trinajstić information content (AvgIpc) is 2.53. The molecule has 0 aliphatic rings. The highest BCUT2D eigenvalue weighted by Gasteiger charge is 2.12. The van der Waals surface area contributed by atoms with E-state index < -0.39 is 5.97 Å². The first kappa shape index (κ1) is 19.5. The van der Waals surface area contributed by atoms with E-state index in [1.54, 1.807) is 6.07 Å². The Morgan fingerprint density at radius 2 is 1.39 bits per heavy atom. The summed E-state index contributed by atoms with van der Waals surface area (Å²) < 4.78 is 0. The number of aryl methyl sites for hydroxylation is 1.